The molecule has 1 heterocycles. The van der Waals surface area contributed by atoms with E-state index in [0.717, 1.165) is 19.4 Å². The van der Waals surface area contributed by atoms with E-state index in [0.29, 0.717) is 6.42 Å². The topological polar surface area (TPSA) is 38.1 Å². The first kappa shape index (κ1) is 14.7. The number of hydrogen-bond acceptors (Lipinski definition) is 2. The molecule has 1 aromatic rings. The first-order valence-electron chi connectivity index (χ1n) is 6.79. The van der Waals surface area contributed by atoms with Gasteiger partial charge in [0.2, 0.25) is 5.91 Å². The van der Waals surface area contributed by atoms with E-state index in [9.17, 15) is 4.79 Å². The van der Waals surface area contributed by atoms with Crippen LogP contribution in [-0.4, -0.2) is 32.4 Å². The lowest BCUT2D eigenvalue weighted by atomic mass is 10.1. The lowest BCUT2D eigenvalue weighted by Gasteiger charge is -2.30. The highest BCUT2D eigenvalue weighted by Gasteiger charge is 2.18. The lowest BCUT2D eigenvalue weighted by Crippen LogP contribution is -2.41. The molecule has 0 saturated carbocycles. The van der Waals surface area contributed by atoms with E-state index in [4.69, 9.17) is 0 Å². The van der Waals surface area contributed by atoms with Crippen molar-refractivity contribution in [3.63, 3.8) is 0 Å². The van der Waals surface area contributed by atoms with Crippen LogP contribution in [0.25, 0.3) is 0 Å². The number of aryl methyl sites for hydroxylation is 1. The second-order valence-electron chi connectivity index (χ2n) is 5.25. The summed E-state index contributed by atoms with van der Waals surface area (Å²) in [6.07, 6.45) is 8.15. The van der Waals surface area contributed by atoms with Crippen LogP contribution in [0.5, 0.6) is 0 Å². The Hall–Kier alpha value is -1.32. The molecule has 18 heavy (non-hydrogen) atoms. The van der Waals surface area contributed by atoms with Crippen molar-refractivity contribution in [2.75, 3.05) is 0 Å². The molecule has 0 saturated heterocycles. The molecule has 0 aliphatic heterocycles. The van der Waals surface area contributed by atoms with Crippen molar-refractivity contribution in [2.24, 2.45) is 0 Å². The molecule has 0 aliphatic carbocycles. The summed E-state index contributed by atoms with van der Waals surface area (Å²) in [6, 6.07) is 0.567. The quantitative estimate of drug-likeness (QED) is 0.699. The number of imidazole rings is 1. The zero-order valence-electron chi connectivity index (χ0n) is 12.0. The number of unbranched alkanes of at least 4 members (excludes halogenated alkanes) is 1. The minimum atomic E-state index is 0.269. The van der Waals surface area contributed by atoms with Gasteiger partial charge in [0.1, 0.15) is 0 Å². The summed E-state index contributed by atoms with van der Waals surface area (Å²) < 4.78 is 2.05. The molecule has 4 nitrogen and oxygen atoms in total. The number of nitrogens with zero attached hydrogens (tertiary/aromatic N) is 3. The van der Waals surface area contributed by atoms with Gasteiger partial charge in [0.25, 0.3) is 0 Å². The molecule has 1 amide bonds. The normalized spacial score (nSPS) is 11.2. The highest BCUT2D eigenvalue weighted by molar-refractivity contribution is 5.76. The van der Waals surface area contributed by atoms with Gasteiger partial charge in [-0.3, -0.25) is 4.79 Å². The Kier molecular flexibility index (Phi) is 5.89. The average molecular weight is 251 g/mol. The summed E-state index contributed by atoms with van der Waals surface area (Å²) in [5, 5.41) is 0. The van der Waals surface area contributed by atoms with Crippen LogP contribution in [0.15, 0.2) is 18.7 Å². The van der Waals surface area contributed by atoms with Crippen LogP contribution in [0, 0.1) is 0 Å². The van der Waals surface area contributed by atoms with Gasteiger partial charge in [-0.05, 0) is 40.5 Å². The van der Waals surface area contributed by atoms with Crippen LogP contribution in [0.1, 0.15) is 47.0 Å². The van der Waals surface area contributed by atoms with Crippen molar-refractivity contribution in [1.29, 1.82) is 0 Å². The van der Waals surface area contributed by atoms with Crippen LogP contribution >= 0.6 is 0 Å². The molecular weight excluding hydrogens is 226 g/mol. The van der Waals surface area contributed by atoms with Crippen LogP contribution < -0.4 is 0 Å². The van der Waals surface area contributed by atoms with Gasteiger partial charge in [-0.1, -0.05) is 0 Å². The summed E-state index contributed by atoms with van der Waals surface area (Å²) >= 11 is 0. The minimum Gasteiger partial charge on any atom is -0.338 e. The third-order valence-electron chi connectivity index (χ3n) is 3.02. The van der Waals surface area contributed by atoms with Crippen molar-refractivity contribution in [3.8, 4) is 0 Å². The lowest BCUT2D eigenvalue weighted by molar-refractivity contribution is -0.134. The fraction of sp³-hybridized carbons (Fsp3) is 0.714. The fourth-order valence-electron chi connectivity index (χ4n) is 2.29. The molecule has 102 valence electrons. The zero-order valence-corrected chi connectivity index (χ0v) is 12.0. The second-order valence-corrected chi connectivity index (χ2v) is 5.25. The molecule has 0 radical (unpaired) electrons. The van der Waals surface area contributed by atoms with Gasteiger partial charge in [-0.15, -0.1) is 0 Å². The van der Waals surface area contributed by atoms with Crippen LogP contribution in [0.3, 0.4) is 0 Å². The Morgan fingerprint density at radius 2 is 1.89 bits per heavy atom. The monoisotopic (exact) mass is 251 g/mol. The molecule has 0 bridgehead atoms. The third kappa shape index (κ3) is 4.51. The van der Waals surface area contributed by atoms with Gasteiger partial charge in [-0.2, -0.15) is 0 Å². The molecular formula is C14H25N3O. The van der Waals surface area contributed by atoms with E-state index >= 15 is 0 Å². The number of amides is 1. The number of rotatable bonds is 7. The maximum absolute atomic E-state index is 12.1. The molecule has 4 heteroatoms. The van der Waals surface area contributed by atoms with E-state index in [-0.39, 0.29) is 18.0 Å². The average Bonchev–Trinajstić information content (AvgIpc) is 2.76. The van der Waals surface area contributed by atoms with Crippen molar-refractivity contribution in [3.05, 3.63) is 18.7 Å². The predicted octanol–water partition coefficient (Wildman–Crippen LogP) is 2.70. The summed E-state index contributed by atoms with van der Waals surface area (Å²) in [5.41, 5.74) is 0. The standard InChI is InChI=1S/C14H25N3O/c1-12(2)17(13(3)4)14(18)7-5-6-9-16-10-8-15-11-16/h8,10-13H,5-7,9H2,1-4H3. The number of hydrogen-bond donors (Lipinski definition) is 0. The SMILES string of the molecule is CC(C)N(C(=O)CCCCn1ccnc1)C(C)C. The van der Waals surface area contributed by atoms with Gasteiger partial charge in [0.15, 0.2) is 0 Å². The molecule has 0 atom stereocenters. The fourth-order valence-corrected chi connectivity index (χ4v) is 2.29. The van der Waals surface area contributed by atoms with E-state index in [2.05, 4.69) is 32.7 Å². The molecule has 0 aliphatic rings. The van der Waals surface area contributed by atoms with Gasteiger partial charge in [0.05, 0.1) is 6.33 Å². The first-order chi connectivity index (χ1) is 8.52. The Labute approximate surface area is 110 Å². The van der Waals surface area contributed by atoms with E-state index in [1.54, 1.807) is 6.20 Å². The highest BCUT2D eigenvalue weighted by atomic mass is 16.2. The van der Waals surface area contributed by atoms with E-state index < -0.39 is 0 Å². The smallest absolute Gasteiger partial charge is 0.223 e. The summed E-state index contributed by atoms with van der Waals surface area (Å²) in [4.78, 5) is 18.1. The van der Waals surface area contributed by atoms with Gasteiger partial charge < -0.3 is 9.47 Å². The van der Waals surface area contributed by atoms with Crippen LogP contribution in [0.4, 0.5) is 0 Å². The summed E-state index contributed by atoms with van der Waals surface area (Å²) in [5.74, 6) is 0.269. The van der Waals surface area contributed by atoms with Crippen molar-refractivity contribution >= 4 is 5.91 Å². The molecule has 0 unspecified atom stereocenters. The molecule has 0 N–H and O–H groups in total. The van der Waals surface area contributed by atoms with Gasteiger partial charge in [0, 0.05) is 37.4 Å². The Morgan fingerprint density at radius 1 is 1.22 bits per heavy atom. The van der Waals surface area contributed by atoms with Crippen molar-refractivity contribution < 1.29 is 4.79 Å². The summed E-state index contributed by atoms with van der Waals surface area (Å²) in [6.45, 7) is 9.23. The molecule has 0 spiro atoms. The third-order valence-corrected chi connectivity index (χ3v) is 3.02. The Morgan fingerprint density at radius 3 is 2.39 bits per heavy atom. The second kappa shape index (κ2) is 7.19. The Balaban J connectivity index is 2.27. The molecule has 0 aromatic carbocycles. The molecule has 0 fully saturated rings. The molecule has 1 aromatic heterocycles. The first-order valence-corrected chi connectivity index (χ1v) is 6.79. The van der Waals surface area contributed by atoms with Gasteiger partial charge >= 0.3 is 0 Å². The number of carbonyl (C=O) groups excluding carboxylic acids is 1. The zero-order chi connectivity index (χ0) is 13.5. The highest BCUT2D eigenvalue weighted by Crippen LogP contribution is 2.10. The van der Waals surface area contributed by atoms with Crippen LogP contribution in [-0.2, 0) is 11.3 Å². The van der Waals surface area contributed by atoms with Gasteiger partial charge in [-0.25, -0.2) is 4.98 Å². The minimum absolute atomic E-state index is 0.269. The van der Waals surface area contributed by atoms with E-state index in [1.807, 2.05) is 22.0 Å². The number of aromatic nitrogens is 2. The Bertz CT molecular complexity index is 336. The maximum Gasteiger partial charge on any atom is 0.223 e. The van der Waals surface area contributed by atoms with Crippen LogP contribution in [0.2, 0.25) is 0 Å². The largest absolute Gasteiger partial charge is 0.338 e. The maximum atomic E-state index is 12.1. The summed E-state index contributed by atoms with van der Waals surface area (Å²) in [7, 11) is 0. The molecule has 1 rings (SSSR count). The van der Waals surface area contributed by atoms with E-state index in [1.165, 1.54) is 0 Å². The number of carbonyl (C=O) groups is 1. The van der Waals surface area contributed by atoms with Crippen molar-refractivity contribution in [2.45, 2.75) is 65.6 Å². The van der Waals surface area contributed by atoms with Crippen molar-refractivity contribution in [1.82, 2.24) is 14.5 Å². The predicted molar refractivity (Wildman–Crippen MR) is 73.2 cm³/mol.